The number of nitrogen functional groups attached to an aromatic ring is 1. The van der Waals surface area contributed by atoms with E-state index in [0.29, 0.717) is 12.2 Å². The molecule has 0 aliphatic heterocycles. The van der Waals surface area contributed by atoms with Crippen LogP contribution in [0.3, 0.4) is 0 Å². The normalized spacial score (nSPS) is 11.6. The molecule has 0 fully saturated rings. The van der Waals surface area contributed by atoms with Crippen molar-refractivity contribution >= 4 is 15.7 Å². The number of nitrogens with one attached hydrogen (secondary N) is 1. The van der Waals surface area contributed by atoms with Crippen molar-refractivity contribution in [3.05, 3.63) is 66.0 Å². The molecule has 2 aromatic carbocycles. The summed E-state index contributed by atoms with van der Waals surface area (Å²) in [5, 5.41) is 4.33. The summed E-state index contributed by atoms with van der Waals surface area (Å²) >= 11 is 0. The average molecular weight is 370 g/mol. The summed E-state index contributed by atoms with van der Waals surface area (Å²) in [6.07, 6.45) is 0. The van der Waals surface area contributed by atoms with Crippen LogP contribution < -0.4 is 10.5 Å². The number of nitrogens with two attached hydrogens (primary N) is 1. The zero-order valence-electron chi connectivity index (χ0n) is 14.8. The van der Waals surface area contributed by atoms with Crippen molar-refractivity contribution in [2.75, 3.05) is 12.3 Å². The highest BCUT2D eigenvalue weighted by Gasteiger charge is 2.14. The van der Waals surface area contributed by atoms with Gasteiger partial charge in [-0.1, -0.05) is 24.3 Å². The van der Waals surface area contributed by atoms with Crippen LogP contribution in [0.1, 0.15) is 11.4 Å². The first-order chi connectivity index (χ1) is 12.3. The number of anilines is 1. The molecule has 0 radical (unpaired) electrons. The van der Waals surface area contributed by atoms with Crippen molar-refractivity contribution in [3.8, 4) is 11.1 Å². The van der Waals surface area contributed by atoms with E-state index in [9.17, 15) is 8.42 Å². The van der Waals surface area contributed by atoms with E-state index in [1.165, 1.54) is 0 Å². The molecule has 0 saturated carbocycles. The Morgan fingerprint density at radius 2 is 1.73 bits per heavy atom. The van der Waals surface area contributed by atoms with Gasteiger partial charge in [-0.2, -0.15) is 5.10 Å². The summed E-state index contributed by atoms with van der Waals surface area (Å²) in [5.41, 5.74) is 10.1. The molecular weight excluding hydrogens is 348 g/mol. The third-order valence-corrected chi connectivity index (χ3v) is 5.54. The van der Waals surface area contributed by atoms with E-state index in [1.54, 1.807) is 28.9 Å². The second-order valence-electron chi connectivity index (χ2n) is 6.20. The minimum absolute atomic E-state index is 0.228. The van der Waals surface area contributed by atoms with Crippen LogP contribution in [-0.2, 0) is 16.6 Å². The van der Waals surface area contributed by atoms with Gasteiger partial charge in [-0.3, -0.25) is 4.68 Å². The Hall–Kier alpha value is -2.64. The summed E-state index contributed by atoms with van der Waals surface area (Å²) in [4.78, 5) is 0.228. The number of benzene rings is 2. The molecule has 0 bridgehead atoms. The average Bonchev–Trinajstić information content (AvgIpc) is 2.92. The van der Waals surface area contributed by atoms with Crippen molar-refractivity contribution < 1.29 is 8.42 Å². The molecule has 0 aliphatic carbocycles. The number of aromatic nitrogens is 2. The molecule has 3 aromatic rings. The van der Waals surface area contributed by atoms with E-state index in [4.69, 9.17) is 5.73 Å². The van der Waals surface area contributed by atoms with Crippen molar-refractivity contribution in [2.45, 2.75) is 25.3 Å². The first-order valence-electron chi connectivity index (χ1n) is 8.32. The summed E-state index contributed by atoms with van der Waals surface area (Å²) in [7, 11) is -3.60. The fourth-order valence-electron chi connectivity index (χ4n) is 2.83. The molecule has 0 atom stereocenters. The van der Waals surface area contributed by atoms with Crippen LogP contribution in [-0.4, -0.2) is 24.7 Å². The minimum atomic E-state index is -3.60. The number of hydrogen-bond donors (Lipinski definition) is 2. The van der Waals surface area contributed by atoms with E-state index < -0.39 is 10.0 Å². The Balaban J connectivity index is 1.75. The van der Waals surface area contributed by atoms with Gasteiger partial charge in [0.1, 0.15) is 0 Å². The molecule has 0 unspecified atom stereocenters. The van der Waals surface area contributed by atoms with Crippen LogP contribution in [0.4, 0.5) is 5.69 Å². The van der Waals surface area contributed by atoms with Gasteiger partial charge in [-0.25, -0.2) is 13.1 Å². The van der Waals surface area contributed by atoms with Crippen LogP contribution in [0, 0.1) is 13.8 Å². The number of nitrogens with zero attached hydrogens (tertiary/aromatic N) is 2. The van der Waals surface area contributed by atoms with Crippen LogP contribution in [0.5, 0.6) is 0 Å². The number of hydrogen-bond acceptors (Lipinski definition) is 4. The first kappa shape index (κ1) is 18.2. The highest BCUT2D eigenvalue weighted by molar-refractivity contribution is 7.89. The maximum atomic E-state index is 12.6. The first-order valence-corrected chi connectivity index (χ1v) is 9.80. The Kier molecular flexibility index (Phi) is 5.11. The van der Waals surface area contributed by atoms with Crippen molar-refractivity contribution in [2.24, 2.45) is 0 Å². The maximum absolute atomic E-state index is 12.6. The molecule has 3 rings (SSSR count). The SMILES string of the molecule is Cc1cc(C)n(CCNS(=O)(=O)c2cccc(-c3cccc(N)c3)c2)n1. The third kappa shape index (κ3) is 4.12. The number of sulfonamides is 1. The highest BCUT2D eigenvalue weighted by atomic mass is 32.2. The lowest BCUT2D eigenvalue weighted by atomic mass is 10.1. The standard InChI is InChI=1S/C19H22N4O2S/c1-14-11-15(2)23(22-14)10-9-21-26(24,25)19-8-4-6-17(13-19)16-5-3-7-18(20)12-16/h3-8,11-13,21H,9-10,20H2,1-2H3. The van der Waals surface area contributed by atoms with Crippen LogP contribution in [0.25, 0.3) is 11.1 Å². The molecule has 136 valence electrons. The molecule has 1 aromatic heterocycles. The van der Waals surface area contributed by atoms with E-state index in [1.807, 2.05) is 44.2 Å². The lowest BCUT2D eigenvalue weighted by molar-refractivity contribution is 0.554. The van der Waals surface area contributed by atoms with Gasteiger partial charge in [-0.15, -0.1) is 0 Å². The Bertz CT molecular complexity index is 1030. The Morgan fingerprint density at radius 1 is 1.04 bits per heavy atom. The Morgan fingerprint density at radius 3 is 2.38 bits per heavy atom. The van der Waals surface area contributed by atoms with Gasteiger partial charge in [0, 0.05) is 17.9 Å². The molecule has 26 heavy (non-hydrogen) atoms. The quantitative estimate of drug-likeness (QED) is 0.653. The topological polar surface area (TPSA) is 90.0 Å². The van der Waals surface area contributed by atoms with Crippen LogP contribution in [0.2, 0.25) is 0 Å². The third-order valence-electron chi connectivity index (χ3n) is 4.08. The maximum Gasteiger partial charge on any atom is 0.240 e. The molecule has 1 heterocycles. The molecule has 3 N–H and O–H groups in total. The predicted octanol–water partition coefficient (Wildman–Crippen LogP) is 2.73. The summed E-state index contributed by atoms with van der Waals surface area (Å²) < 4.78 is 29.6. The van der Waals surface area contributed by atoms with Crippen LogP contribution >= 0.6 is 0 Å². The monoisotopic (exact) mass is 370 g/mol. The van der Waals surface area contributed by atoms with Gasteiger partial charge in [0.25, 0.3) is 0 Å². The summed E-state index contributed by atoms with van der Waals surface area (Å²) in [6.45, 7) is 4.61. The van der Waals surface area contributed by atoms with Gasteiger partial charge >= 0.3 is 0 Å². The van der Waals surface area contributed by atoms with E-state index in [2.05, 4.69) is 9.82 Å². The predicted molar refractivity (Wildman–Crippen MR) is 103 cm³/mol. The number of rotatable bonds is 6. The second-order valence-corrected chi connectivity index (χ2v) is 7.97. The lowest BCUT2D eigenvalue weighted by Crippen LogP contribution is -2.28. The fraction of sp³-hybridized carbons (Fsp3) is 0.211. The number of aryl methyl sites for hydroxylation is 2. The van der Waals surface area contributed by atoms with Crippen molar-refractivity contribution in [3.63, 3.8) is 0 Å². The van der Waals surface area contributed by atoms with Gasteiger partial charge in [0.2, 0.25) is 10.0 Å². The lowest BCUT2D eigenvalue weighted by Gasteiger charge is -2.10. The molecule has 6 nitrogen and oxygen atoms in total. The van der Waals surface area contributed by atoms with Crippen molar-refractivity contribution in [1.29, 1.82) is 0 Å². The van der Waals surface area contributed by atoms with Gasteiger partial charge in [0.15, 0.2) is 0 Å². The van der Waals surface area contributed by atoms with E-state index >= 15 is 0 Å². The second kappa shape index (κ2) is 7.31. The summed E-state index contributed by atoms with van der Waals surface area (Å²) in [6, 6.07) is 16.2. The van der Waals surface area contributed by atoms with Gasteiger partial charge in [-0.05, 0) is 55.3 Å². The molecule has 0 spiro atoms. The minimum Gasteiger partial charge on any atom is -0.399 e. The zero-order valence-corrected chi connectivity index (χ0v) is 15.6. The molecule has 7 heteroatoms. The molecular formula is C19H22N4O2S. The van der Waals surface area contributed by atoms with Gasteiger partial charge < -0.3 is 5.73 Å². The van der Waals surface area contributed by atoms with E-state index in [0.717, 1.165) is 22.5 Å². The highest BCUT2D eigenvalue weighted by Crippen LogP contribution is 2.24. The van der Waals surface area contributed by atoms with E-state index in [-0.39, 0.29) is 11.4 Å². The largest absolute Gasteiger partial charge is 0.399 e. The molecule has 0 aliphatic rings. The van der Waals surface area contributed by atoms with Crippen molar-refractivity contribution in [1.82, 2.24) is 14.5 Å². The van der Waals surface area contributed by atoms with Crippen LogP contribution in [0.15, 0.2) is 59.5 Å². The fourth-order valence-corrected chi connectivity index (χ4v) is 3.90. The summed E-state index contributed by atoms with van der Waals surface area (Å²) in [5.74, 6) is 0. The zero-order chi connectivity index (χ0) is 18.7. The Labute approximate surface area is 153 Å². The molecule has 0 amide bonds. The smallest absolute Gasteiger partial charge is 0.240 e. The van der Waals surface area contributed by atoms with Gasteiger partial charge in [0.05, 0.1) is 17.1 Å². The molecule has 0 saturated heterocycles.